The van der Waals surface area contributed by atoms with E-state index in [1.807, 2.05) is 20.8 Å². The second-order valence-electron chi connectivity index (χ2n) is 7.63. The Kier molecular flexibility index (Phi) is 5.53. The van der Waals surface area contributed by atoms with Crippen LogP contribution >= 0.6 is 0 Å². The van der Waals surface area contributed by atoms with E-state index in [9.17, 15) is 18.0 Å². The van der Waals surface area contributed by atoms with Crippen LogP contribution in [0.3, 0.4) is 0 Å². The number of benzene rings is 1. The lowest BCUT2D eigenvalue weighted by atomic mass is 9.97. The molecule has 0 fully saturated rings. The topological polar surface area (TPSA) is 77.2 Å². The van der Waals surface area contributed by atoms with Crippen molar-refractivity contribution in [1.29, 1.82) is 0 Å². The number of amides is 1. The summed E-state index contributed by atoms with van der Waals surface area (Å²) >= 11 is 0. The van der Waals surface area contributed by atoms with E-state index in [2.05, 4.69) is 15.5 Å². The summed E-state index contributed by atoms with van der Waals surface area (Å²) in [7, 11) is 0. The van der Waals surface area contributed by atoms with Gasteiger partial charge in [-0.3, -0.25) is 4.79 Å². The van der Waals surface area contributed by atoms with Gasteiger partial charge in [0.1, 0.15) is 5.75 Å². The first-order chi connectivity index (χ1) is 12.3. The van der Waals surface area contributed by atoms with Crippen molar-refractivity contribution in [2.24, 2.45) is 0 Å². The number of carbonyl (C=O) groups excluding carboxylic acids is 1. The second kappa shape index (κ2) is 7.21. The third-order valence-corrected chi connectivity index (χ3v) is 3.63. The fourth-order valence-electron chi connectivity index (χ4n) is 2.19. The minimum atomic E-state index is -4.57. The van der Waals surface area contributed by atoms with E-state index < -0.39 is 35.5 Å². The molecule has 0 unspecified atom stereocenters. The standard InChI is InChI=1S/C18H22F3N3O3/c1-16(2,3)15-22-14(24-27-15)17(4,5)23-13(25)10-26-12-9-7-6-8-11(12)18(19,20)21/h6-9H,10H2,1-5H3,(H,23,25). The van der Waals surface area contributed by atoms with E-state index in [0.29, 0.717) is 5.89 Å². The first-order valence-corrected chi connectivity index (χ1v) is 8.25. The highest BCUT2D eigenvalue weighted by molar-refractivity contribution is 5.78. The summed E-state index contributed by atoms with van der Waals surface area (Å²) in [6.45, 7) is 8.45. The van der Waals surface area contributed by atoms with Crippen LogP contribution in [-0.2, 0) is 21.9 Å². The maximum absolute atomic E-state index is 13.0. The van der Waals surface area contributed by atoms with Gasteiger partial charge in [0.05, 0.1) is 11.1 Å². The molecule has 148 valence electrons. The Labute approximate surface area is 155 Å². The van der Waals surface area contributed by atoms with Gasteiger partial charge in [0.25, 0.3) is 5.91 Å². The van der Waals surface area contributed by atoms with E-state index >= 15 is 0 Å². The fourth-order valence-corrected chi connectivity index (χ4v) is 2.19. The molecular formula is C18H22F3N3O3. The van der Waals surface area contributed by atoms with Crippen molar-refractivity contribution < 1.29 is 27.2 Å². The highest BCUT2D eigenvalue weighted by Gasteiger charge is 2.35. The molecule has 0 spiro atoms. The largest absolute Gasteiger partial charge is 0.483 e. The van der Waals surface area contributed by atoms with Gasteiger partial charge in [0, 0.05) is 5.41 Å². The van der Waals surface area contributed by atoms with E-state index in [0.717, 1.165) is 12.1 Å². The maximum Gasteiger partial charge on any atom is 0.419 e. The minimum Gasteiger partial charge on any atom is -0.483 e. The SMILES string of the molecule is CC(C)(C)c1nc(C(C)(C)NC(=O)COc2ccccc2C(F)(F)F)no1. The predicted molar refractivity (Wildman–Crippen MR) is 91.1 cm³/mol. The van der Waals surface area contributed by atoms with Gasteiger partial charge >= 0.3 is 6.18 Å². The number of hydrogen-bond acceptors (Lipinski definition) is 5. The first-order valence-electron chi connectivity index (χ1n) is 8.25. The van der Waals surface area contributed by atoms with Gasteiger partial charge in [-0.1, -0.05) is 38.1 Å². The zero-order chi connectivity index (χ0) is 20.5. The highest BCUT2D eigenvalue weighted by atomic mass is 19.4. The van der Waals surface area contributed by atoms with Crippen LogP contribution in [0, 0.1) is 0 Å². The Morgan fingerprint density at radius 1 is 1.15 bits per heavy atom. The molecule has 0 bridgehead atoms. The van der Waals surface area contributed by atoms with Gasteiger partial charge < -0.3 is 14.6 Å². The number of nitrogens with zero attached hydrogens (tertiary/aromatic N) is 2. The van der Waals surface area contributed by atoms with E-state index in [-0.39, 0.29) is 11.2 Å². The number of aromatic nitrogens is 2. The van der Waals surface area contributed by atoms with Gasteiger partial charge in [-0.25, -0.2) is 0 Å². The summed E-state index contributed by atoms with van der Waals surface area (Å²) in [6, 6.07) is 4.71. The number of rotatable bonds is 5. The molecule has 1 heterocycles. The molecule has 0 aliphatic carbocycles. The summed E-state index contributed by atoms with van der Waals surface area (Å²) in [5.74, 6) is -0.349. The number of carbonyl (C=O) groups is 1. The Bertz CT molecular complexity index is 808. The molecule has 1 aromatic carbocycles. The smallest absolute Gasteiger partial charge is 0.419 e. The summed E-state index contributed by atoms with van der Waals surface area (Å²) in [4.78, 5) is 16.5. The number of para-hydroxylation sites is 1. The number of ether oxygens (including phenoxy) is 1. The maximum atomic E-state index is 13.0. The van der Waals surface area contributed by atoms with E-state index in [1.165, 1.54) is 12.1 Å². The minimum absolute atomic E-state index is 0.261. The lowest BCUT2D eigenvalue weighted by molar-refractivity contribution is -0.139. The molecule has 0 saturated heterocycles. The molecule has 6 nitrogen and oxygen atoms in total. The molecule has 1 aromatic heterocycles. The van der Waals surface area contributed by atoms with Crippen LogP contribution < -0.4 is 10.1 Å². The van der Waals surface area contributed by atoms with Crippen molar-refractivity contribution in [2.45, 2.75) is 51.7 Å². The van der Waals surface area contributed by atoms with Gasteiger partial charge in [0.2, 0.25) is 5.89 Å². The molecule has 2 aromatic rings. The summed E-state index contributed by atoms with van der Waals surface area (Å²) in [6.07, 6.45) is -4.57. The van der Waals surface area contributed by atoms with Crippen LogP contribution in [0.2, 0.25) is 0 Å². The number of nitrogens with one attached hydrogen (secondary N) is 1. The van der Waals surface area contributed by atoms with Crippen molar-refractivity contribution in [1.82, 2.24) is 15.5 Å². The van der Waals surface area contributed by atoms with Crippen LogP contribution in [0.1, 0.15) is 51.9 Å². The quantitative estimate of drug-likeness (QED) is 0.847. The van der Waals surface area contributed by atoms with Crippen LogP contribution in [-0.4, -0.2) is 22.7 Å². The number of alkyl halides is 3. The fraction of sp³-hybridized carbons (Fsp3) is 0.500. The average Bonchev–Trinajstić information content (AvgIpc) is 3.03. The van der Waals surface area contributed by atoms with Crippen LogP contribution in [0.25, 0.3) is 0 Å². The van der Waals surface area contributed by atoms with Crippen LogP contribution in [0.4, 0.5) is 13.2 Å². The molecule has 27 heavy (non-hydrogen) atoms. The van der Waals surface area contributed by atoms with E-state index in [4.69, 9.17) is 9.26 Å². The Morgan fingerprint density at radius 2 is 1.78 bits per heavy atom. The Hall–Kier alpha value is -2.58. The highest BCUT2D eigenvalue weighted by Crippen LogP contribution is 2.35. The molecule has 1 N–H and O–H groups in total. The monoisotopic (exact) mass is 385 g/mol. The summed E-state index contributed by atoms with van der Waals surface area (Å²) in [5, 5.41) is 6.52. The third-order valence-electron chi connectivity index (χ3n) is 3.63. The lowest BCUT2D eigenvalue weighted by Gasteiger charge is -2.23. The molecule has 1 amide bonds. The van der Waals surface area contributed by atoms with Crippen LogP contribution in [0.5, 0.6) is 5.75 Å². The van der Waals surface area contributed by atoms with Gasteiger partial charge in [-0.15, -0.1) is 0 Å². The Balaban J connectivity index is 2.04. The van der Waals surface area contributed by atoms with Gasteiger partial charge in [0.15, 0.2) is 12.4 Å². The molecule has 0 atom stereocenters. The van der Waals surface area contributed by atoms with Crippen molar-refractivity contribution in [3.63, 3.8) is 0 Å². The number of hydrogen-bond donors (Lipinski definition) is 1. The molecule has 2 rings (SSSR count). The van der Waals surface area contributed by atoms with Crippen molar-refractivity contribution >= 4 is 5.91 Å². The molecular weight excluding hydrogens is 363 g/mol. The predicted octanol–water partition coefficient (Wildman–Crippen LogP) is 3.82. The normalized spacial score (nSPS) is 12.7. The third kappa shape index (κ3) is 5.21. The zero-order valence-corrected chi connectivity index (χ0v) is 15.8. The molecule has 0 radical (unpaired) electrons. The lowest BCUT2D eigenvalue weighted by Crippen LogP contribution is -2.44. The van der Waals surface area contributed by atoms with Crippen molar-refractivity contribution in [3.8, 4) is 5.75 Å². The molecule has 0 aliphatic heterocycles. The first kappa shape index (κ1) is 20.7. The number of halogens is 3. The van der Waals surface area contributed by atoms with E-state index in [1.54, 1.807) is 13.8 Å². The van der Waals surface area contributed by atoms with Crippen molar-refractivity contribution in [2.75, 3.05) is 6.61 Å². The van der Waals surface area contributed by atoms with Gasteiger partial charge in [-0.05, 0) is 26.0 Å². The average molecular weight is 385 g/mol. The van der Waals surface area contributed by atoms with Gasteiger partial charge in [-0.2, -0.15) is 18.2 Å². The molecule has 9 heteroatoms. The summed E-state index contributed by atoms with van der Waals surface area (Å²) in [5.41, 5.74) is -2.28. The summed E-state index contributed by atoms with van der Waals surface area (Å²) < 4.78 is 49.2. The van der Waals surface area contributed by atoms with Crippen molar-refractivity contribution in [3.05, 3.63) is 41.5 Å². The van der Waals surface area contributed by atoms with Crippen LogP contribution in [0.15, 0.2) is 28.8 Å². The molecule has 0 saturated carbocycles. The molecule has 0 aliphatic rings. The second-order valence-corrected chi connectivity index (χ2v) is 7.63. The Morgan fingerprint density at radius 3 is 2.33 bits per heavy atom. The zero-order valence-electron chi connectivity index (χ0n) is 15.8.